The third kappa shape index (κ3) is 5.10. The van der Waals surface area contributed by atoms with E-state index >= 15 is 0 Å². The van der Waals surface area contributed by atoms with Gasteiger partial charge in [0.25, 0.3) is 5.91 Å². The standard InChI is InChI=1S/C22H28N4O2/c1-17(24-20-10-8-19(9-11-20)21(27)23-2)22(28)26-14-12-25(13-15-26)16-18-6-4-3-5-7-18/h3-11,17,24H,12-16H2,1-2H3,(H,23,27)/t17-/m1/s1. The summed E-state index contributed by atoms with van der Waals surface area (Å²) in [5.74, 6) is -0.0150. The van der Waals surface area contributed by atoms with Crippen molar-refractivity contribution < 1.29 is 9.59 Å². The van der Waals surface area contributed by atoms with Crippen molar-refractivity contribution in [2.45, 2.75) is 19.5 Å². The Morgan fingerprint density at radius 1 is 0.964 bits per heavy atom. The summed E-state index contributed by atoms with van der Waals surface area (Å²) in [5.41, 5.74) is 2.73. The van der Waals surface area contributed by atoms with Crippen LogP contribution in [0.5, 0.6) is 0 Å². The van der Waals surface area contributed by atoms with Crippen LogP contribution in [0.2, 0.25) is 0 Å². The number of hydrogen-bond donors (Lipinski definition) is 2. The highest BCUT2D eigenvalue weighted by molar-refractivity contribution is 5.94. The number of piperazine rings is 1. The van der Waals surface area contributed by atoms with E-state index in [4.69, 9.17) is 0 Å². The van der Waals surface area contributed by atoms with E-state index in [2.05, 4.69) is 39.8 Å². The van der Waals surface area contributed by atoms with E-state index in [1.54, 1.807) is 19.2 Å². The SMILES string of the molecule is CNC(=O)c1ccc(N[C@H](C)C(=O)N2CCN(Cc3ccccc3)CC2)cc1. The molecule has 1 atom stereocenters. The fraction of sp³-hybridized carbons (Fsp3) is 0.364. The Morgan fingerprint density at radius 3 is 2.21 bits per heavy atom. The summed E-state index contributed by atoms with van der Waals surface area (Å²) >= 11 is 0. The van der Waals surface area contributed by atoms with E-state index < -0.39 is 0 Å². The third-order valence-electron chi connectivity index (χ3n) is 5.06. The third-order valence-corrected chi connectivity index (χ3v) is 5.06. The molecule has 2 amide bonds. The zero-order valence-corrected chi connectivity index (χ0v) is 16.5. The average Bonchev–Trinajstić information content (AvgIpc) is 2.74. The molecule has 6 nitrogen and oxygen atoms in total. The molecular weight excluding hydrogens is 352 g/mol. The molecule has 1 aliphatic rings. The van der Waals surface area contributed by atoms with Crippen LogP contribution in [0.4, 0.5) is 5.69 Å². The number of amides is 2. The molecule has 0 bridgehead atoms. The Labute approximate surface area is 166 Å². The molecule has 0 unspecified atom stereocenters. The molecule has 2 aromatic carbocycles. The zero-order chi connectivity index (χ0) is 19.9. The summed E-state index contributed by atoms with van der Waals surface area (Å²) in [4.78, 5) is 28.7. The molecule has 0 aromatic heterocycles. The van der Waals surface area contributed by atoms with E-state index in [0.717, 1.165) is 38.4 Å². The van der Waals surface area contributed by atoms with Crippen molar-refractivity contribution in [3.05, 3.63) is 65.7 Å². The molecule has 1 saturated heterocycles. The van der Waals surface area contributed by atoms with Gasteiger partial charge >= 0.3 is 0 Å². The molecule has 1 aliphatic heterocycles. The topological polar surface area (TPSA) is 64.7 Å². The number of carbonyl (C=O) groups is 2. The highest BCUT2D eigenvalue weighted by atomic mass is 16.2. The molecule has 148 valence electrons. The highest BCUT2D eigenvalue weighted by Crippen LogP contribution is 2.14. The minimum atomic E-state index is -0.313. The van der Waals surface area contributed by atoms with Crippen LogP contribution in [0, 0.1) is 0 Å². The quantitative estimate of drug-likeness (QED) is 0.806. The monoisotopic (exact) mass is 380 g/mol. The Hall–Kier alpha value is -2.86. The normalized spacial score (nSPS) is 15.7. The fourth-order valence-electron chi connectivity index (χ4n) is 3.42. The van der Waals surface area contributed by atoms with Crippen LogP contribution in [0.3, 0.4) is 0 Å². The molecule has 0 saturated carbocycles. The van der Waals surface area contributed by atoms with Crippen LogP contribution < -0.4 is 10.6 Å². The van der Waals surface area contributed by atoms with Gasteiger partial charge in [-0.05, 0) is 36.8 Å². The lowest BCUT2D eigenvalue weighted by molar-refractivity contribution is -0.133. The van der Waals surface area contributed by atoms with Crippen molar-refractivity contribution in [2.24, 2.45) is 0 Å². The maximum Gasteiger partial charge on any atom is 0.251 e. The number of nitrogens with one attached hydrogen (secondary N) is 2. The first-order chi connectivity index (χ1) is 13.6. The highest BCUT2D eigenvalue weighted by Gasteiger charge is 2.24. The summed E-state index contributed by atoms with van der Waals surface area (Å²) in [5, 5.41) is 5.83. The van der Waals surface area contributed by atoms with Gasteiger partial charge in [-0.2, -0.15) is 0 Å². The molecule has 1 fully saturated rings. The molecule has 1 heterocycles. The molecule has 3 rings (SSSR count). The fourth-order valence-corrected chi connectivity index (χ4v) is 3.42. The number of carbonyl (C=O) groups excluding carboxylic acids is 2. The molecule has 2 N–H and O–H groups in total. The minimum absolute atomic E-state index is 0.106. The Morgan fingerprint density at radius 2 is 1.61 bits per heavy atom. The lowest BCUT2D eigenvalue weighted by Crippen LogP contribution is -2.51. The Kier molecular flexibility index (Phi) is 6.66. The van der Waals surface area contributed by atoms with Crippen LogP contribution in [-0.4, -0.2) is 60.9 Å². The smallest absolute Gasteiger partial charge is 0.251 e. The largest absolute Gasteiger partial charge is 0.374 e. The maximum absolute atomic E-state index is 12.8. The molecule has 0 spiro atoms. The number of rotatable bonds is 6. The summed E-state index contributed by atoms with van der Waals surface area (Å²) in [6.45, 7) is 6.06. The van der Waals surface area contributed by atoms with Gasteiger partial charge in [0.15, 0.2) is 0 Å². The van der Waals surface area contributed by atoms with Crippen molar-refractivity contribution in [1.29, 1.82) is 0 Å². The predicted molar refractivity (Wildman–Crippen MR) is 111 cm³/mol. The first-order valence-corrected chi connectivity index (χ1v) is 9.70. The number of hydrogen-bond acceptors (Lipinski definition) is 4. The van der Waals surface area contributed by atoms with E-state index in [-0.39, 0.29) is 17.9 Å². The van der Waals surface area contributed by atoms with Crippen LogP contribution in [0.15, 0.2) is 54.6 Å². The average molecular weight is 380 g/mol. The molecular formula is C22H28N4O2. The van der Waals surface area contributed by atoms with Crippen molar-refractivity contribution in [1.82, 2.24) is 15.1 Å². The second-order valence-corrected chi connectivity index (χ2v) is 7.11. The molecule has 28 heavy (non-hydrogen) atoms. The van der Waals surface area contributed by atoms with Crippen LogP contribution in [0.25, 0.3) is 0 Å². The molecule has 0 aliphatic carbocycles. The van der Waals surface area contributed by atoms with Gasteiger partial charge in [0.1, 0.15) is 6.04 Å². The van der Waals surface area contributed by atoms with E-state index in [9.17, 15) is 9.59 Å². The van der Waals surface area contributed by atoms with Gasteiger partial charge in [0, 0.05) is 51.0 Å². The van der Waals surface area contributed by atoms with Crippen molar-refractivity contribution in [3.8, 4) is 0 Å². The summed E-state index contributed by atoms with van der Waals surface area (Å²) < 4.78 is 0. The second kappa shape index (κ2) is 9.37. The van der Waals surface area contributed by atoms with Crippen molar-refractivity contribution in [3.63, 3.8) is 0 Å². The maximum atomic E-state index is 12.8. The second-order valence-electron chi connectivity index (χ2n) is 7.11. The number of anilines is 1. The van der Waals surface area contributed by atoms with Crippen LogP contribution in [-0.2, 0) is 11.3 Å². The van der Waals surface area contributed by atoms with Gasteiger partial charge in [-0.15, -0.1) is 0 Å². The van der Waals surface area contributed by atoms with Gasteiger partial charge in [0.2, 0.25) is 5.91 Å². The zero-order valence-electron chi connectivity index (χ0n) is 16.5. The molecule has 2 aromatic rings. The van der Waals surface area contributed by atoms with Crippen LogP contribution in [0.1, 0.15) is 22.8 Å². The molecule has 0 radical (unpaired) electrons. The van der Waals surface area contributed by atoms with Gasteiger partial charge in [-0.3, -0.25) is 14.5 Å². The lowest BCUT2D eigenvalue weighted by Gasteiger charge is -2.36. The van der Waals surface area contributed by atoms with Gasteiger partial charge in [0.05, 0.1) is 0 Å². The summed E-state index contributed by atoms with van der Waals surface area (Å²) in [6, 6.07) is 17.3. The van der Waals surface area contributed by atoms with Gasteiger partial charge in [-0.25, -0.2) is 0 Å². The van der Waals surface area contributed by atoms with Gasteiger partial charge < -0.3 is 15.5 Å². The minimum Gasteiger partial charge on any atom is -0.374 e. The first kappa shape index (κ1) is 19.9. The Balaban J connectivity index is 1.48. The Bertz CT molecular complexity index is 784. The predicted octanol–water partition coefficient (Wildman–Crippen LogP) is 2.19. The van der Waals surface area contributed by atoms with E-state index in [1.807, 2.05) is 30.0 Å². The van der Waals surface area contributed by atoms with Gasteiger partial charge in [-0.1, -0.05) is 30.3 Å². The van der Waals surface area contributed by atoms with Crippen LogP contribution >= 0.6 is 0 Å². The number of nitrogens with zero attached hydrogens (tertiary/aromatic N) is 2. The summed E-state index contributed by atoms with van der Waals surface area (Å²) in [7, 11) is 1.61. The molecule has 6 heteroatoms. The number of benzene rings is 2. The first-order valence-electron chi connectivity index (χ1n) is 9.70. The van der Waals surface area contributed by atoms with E-state index in [1.165, 1.54) is 5.56 Å². The van der Waals surface area contributed by atoms with E-state index in [0.29, 0.717) is 5.56 Å². The van der Waals surface area contributed by atoms with Crippen molar-refractivity contribution >= 4 is 17.5 Å². The van der Waals surface area contributed by atoms with Crippen molar-refractivity contribution in [2.75, 3.05) is 38.5 Å². The summed E-state index contributed by atoms with van der Waals surface area (Å²) in [6.07, 6.45) is 0. The lowest BCUT2D eigenvalue weighted by atomic mass is 10.1.